The Bertz CT molecular complexity index is 1080. The third-order valence-corrected chi connectivity index (χ3v) is 6.88. The van der Waals surface area contributed by atoms with Gasteiger partial charge in [-0.05, 0) is 56.0 Å². The topological polar surface area (TPSA) is 117 Å². The van der Waals surface area contributed by atoms with Crippen molar-refractivity contribution in [2.75, 3.05) is 38.9 Å². The Hall–Kier alpha value is -2.54. The van der Waals surface area contributed by atoms with Crippen molar-refractivity contribution in [1.29, 1.82) is 0 Å². The number of amides is 1. The van der Waals surface area contributed by atoms with Crippen molar-refractivity contribution >= 4 is 61.3 Å². The van der Waals surface area contributed by atoms with Crippen LogP contribution in [0.5, 0.6) is 0 Å². The number of carbonyl (C=O) groups excluding carboxylic acids is 2. The van der Waals surface area contributed by atoms with Crippen LogP contribution in [0.3, 0.4) is 0 Å². The van der Waals surface area contributed by atoms with Gasteiger partial charge in [-0.2, -0.15) is 0 Å². The molecule has 0 saturated carbocycles. The lowest BCUT2D eigenvalue weighted by molar-refractivity contribution is 0.0601. The van der Waals surface area contributed by atoms with E-state index in [1.54, 1.807) is 33.2 Å². The maximum Gasteiger partial charge on any atom is 0.341 e. The van der Waals surface area contributed by atoms with Crippen LogP contribution in [0.15, 0.2) is 29.2 Å². The summed E-state index contributed by atoms with van der Waals surface area (Å²) in [7, 11) is 2.29. The number of carbonyl (C=O) groups is 2. The van der Waals surface area contributed by atoms with Gasteiger partial charge in [0.15, 0.2) is 5.11 Å². The van der Waals surface area contributed by atoms with Crippen molar-refractivity contribution in [3.05, 3.63) is 40.3 Å². The number of thiophene rings is 1. The fourth-order valence-electron chi connectivity index (χ4n) is 2.46. The second-order valence-corrected chi connectivity index (χ2v) is 9.58. The molecule has 0 atom stereocenters. The first-order valence-corrected chi connectivity index (χ1v) is 11.3. The van der Waals surface area contributed by atoms with E-state index in [0.717, 1.165) is 11.3 Å². The predicted molar refractivity (Wildman–Crippen MR) is 121 cm³/mol. The lowest BCUT2D eigenvalue weighted by Crippen LogP contribution is -2.21. The van der Waals surface area contributed by atoms with E-state index in [2.05, 4.69) is 15.4 Å². The Labute approximate surface area is 184 Å². The summed E-state index contributed by atoms with van der Waals surface area (Å²) >= 11 is 6.40. The van der Waals surface area contributed by atoms with Crippen LogP contribution in [-0.4, -0.2) is 58.6 Å². The SMILES string of the molecule is CNS(=O)(=O)c1ccc(NC(=S)Nc2sc(C(=O)N(C)C)c(C)c2C(=O)OC)cc1. The molecule has 1 heterocycles. The number of nitrogens with one attached hydrogen (secondary N) is 3. The van der Waals surface area contributed by atoms with E-state index < -0.39 is 16.0 Å². The summed E-state index contributed by atoms with van der Waals surface area (Å²) in [6, 6.07) is 5.97. The molecule has 1 aromatic carbocycles. The molecule has 2 aromatic rings. The van der Waals surface area contributed by atoms with Crippen LogP contribution in [0, 0.1) is 6.92 Å². The number of ether oxygens (including phenoxy) is 1. The Morgan fingerprint density at radius 3 is 2.23 bits per heavy atom. The second-order valence-electron chi connectivity index (χ2n) is 6.26. The van der Waals surface area contributed by atoms with Crippen LogP contribution in [0.25, 0.3) is 0 Å². The maximum absolute atomic E-state index is 12.4. The molecule has 3 N–H and O–H groups in total. The van der Waals surface area contributed by atoms with Gasteiger partial charge in [0.25, 0.3) is 5.91 Å². The van der Waals surface area contributed by atoms with Gasteiger partial charge in [-0.25, -0.2) is 17.9 Å². The molecule has 162 valence electrons. The van der Waals surface area contributed by atoms with Gasteiger partial charge in [-0.1, -0.05) is 0 Å². The average molecular weight is 471 g/mol. The molecule has 1 aromatic heterocycles. The first-order chi connectivity index (χ1) is 14.0. The van der Waals surface area contributed by atoms with E-state index >= 15 is 0 Å². The van der Waals surface area contributed by atoms with E-state index in [-0.39, 0.29) is 21.5 Å². The van der Waals surface area contributed by atoms with E-state index in [9.17, 15) is 18.0 Å². The summed E-state index contributed by atoms with van der Waals surface area (Å²) in [5.74, 6) is -0.829. The molecule has 0 aliphatic rings. The monoisotopic (exact) mass is 470 g/mol. The second kappa shape index (κ2) is 9.51. The van der Waals surface area contributed by atoms with Gasteiger partial charge < -0.3 is 20.3 Å². The van der Waals surface area contributed by atoms with Crippen LogP contribution in [0.4, 0.5) is 10.7 Å². The van der Waals surface area contributed by atoms with Gasteiger partial charge in [0.1, 0.15) is 5.00 Å². The first-order valence-electron chi connectivity index (χ1n) is 8.56. The molecular weight excluding hydrogens is 448 g/mol. The normalized spacial score (nSPS) is 11.0. The number of hydrogen-bond acceptors (Lipinski definition) is 7. The van der Waals surface area contributed by atoms with E-state index in [1.807, 2.05) is 0 Å². The van der Waals surface area contributed by atoms with Crippen LogP contribution < -0.4 is 15.4 Å². The standard InChI is InChI=1S/C18H22N4O5S3/c1-10-13(17(24)27-5)15(29-14(10)16(23)22(3)4)21-18(28)20-11-6-8-12(9-7-11)30(25,26)19-2/h6-9,19H,1-5H3,(H2,20,21,28). The number of benzene rings is 1. The van der Waals surface area contributed by atoms with E-state index in [1.165, 1.54) is 31.2 Å². The van der Waals surface area contributed by atoms with Crippen LogP contribution >= 0.6 is 23.6 Å². The summed E-state index contributed by atoms with van der Waals surface area (Å²) in [5.41, 5.74) is 1.27. The summed E-state index contributed by atoms with van der Waals surface area (Å²) in [4.78, 5) is 26.6. The highest BCUT2D eigenvalue weighted by atomic mass is 32.2. The predicted octanol–water partition coefficient (Wildman–Crippen LogP) is 2.26. The highest BCUT2D eigenvalue weighted by Crippen LogP contribution is 2.34. The molecule has 0 aliphatic carbocycles. The minimum atomic E-state index is -3.54. The minimum absolute atomic E-state index is 0.114. The number of rotatable bonds is 6. The molecule has 0 spiro atoms. The van der Waals surface area contributed by atoms with Gasteiger partial charge in [0.05, 0.1) is 22.4 Å². The van der Waals surface area contributed by atoms with Crippen molar-refractivity contribution < 1.29 is 22.7 Å². The summed E-state index contributed by atoms with van der Waals surface area (Å²) in [5, 5.41) is 6.37. The molecule has 1 amide bonds. The van der Waals surface area contributed by atoms with E-state index in [4.69, 9.17) is 17.0 Å². The van der Waals surface area contributed by atoms with E-state index in [0.29, 0.717) is 21.1 Å². The lowest BCUT2D eigenvalue weighted by atomic mass is 10.1. The lowest BCUT2D eigenvalue weighted by Gasteiger charge is -2.11. The number of methoxy groups -OCH3 is 1. The maximum atomic E-state index is 12.4. The molecule has 0 aliphatic heterocycles. The average Bonchev–Trinajstić information content (AvgIpc) is 3.02. The number of sulfonamides is 1. The molecule has 12 heteroatoms. The van der Waals surface area contributed by atoms with Crippen LogP contribution in [0.1, 0.15) is 25.6 Å². The molecule has 0 radical (unpaired) electrons. The van der Waals surface area contributed by atoms with Crippen LogP contribution in [0.2, 0.25) is 0 Å². The van der Waals surface area contributed by atoms with Crippen molar-refractivity contribution in [1.82, 2.24) is 9.62 Å². The minimum Gasteiger partial charge on any atom is -0.465 e. The zero-order chi connectivity index (χ0) is 22.6. The molecular formula is C18H22N4O5S3. The highest BCUT2D eigenvalue weighted by molar-refractivity contribution is 7.89. The number of hydrogen-bond donors (Lipinski definition) is 3. The van der Waals surface area contributed by atoms with Crippen molar-refractivity contribution in [3.8, 4) is 0 Å². The van der Waals surface area contributed by atoms with Crippen molar-refractivity contribution in [2.45, 2.75) is 11.8 Å². The Morgan fingerprint density at radius 2 is 1.73 bits per heavy atom. The molecule has 9 nitrogen and oxygen atoms in total. The molecule has 30 heavy (non-hydrogen) atoms. The number of nitrogens with zero attached hydrogens (tertiary/aromatic N) is 1. The molecule has 0 unspecified atom stereocenters. The third kappa shape index (κ3) is 5.14. The molecule has 0 saturated heterocycles. The summed E-state index contributed by atoms with van der Waals surface area (Å²) < 4.78 is 30.7. The Balaban J connectivity index is 2.27. The van der Waals surface area contributed by atoms with Gasteiger partial charge in [0.2, 0.25) is 10.0 Å². The van der Waals surface area contributed by atoms with Gasteiger partial charge in [0, 0.05) is 19.8 Å². The smallest absolute Gasteiger partial charge is 0.341 e. The highest BCUT2D eigenvalue weighted by Gasteiger charge is 2.26. The zero-order valence-corrected chi connectivity index (χ0v) is 19.5. The Kier molecular flexibility index (Phi) is 7.53. The molecule has 0 bridgehead atoms. The number of anilines is 2. The van der Waals surface area contributed by atoms with Gasteiger partial charge in [-0.15, -0.1) is 11.3 Å². The Morgan fingerprint density at radius 1 is 1.13 bits per heavy atom. The number of esters is 1. The molecule has 2 rings (SSSR count). The summed E-state index contributed by atoms with van der Waals surface area (Å²) in [6.45, 7) is 1.67. The fourth-order valence-corrected chi connectivity index (χ4v) is 4.69. The fraction of sp³-hybridized carbons (Fsp3) is 0.278. The molecule has 0 fully saturated rings. The number of thiocarbonyl (C=S) groups is 1. The van der Waals surface area contributed by atoms with Crippen molar-refractivity contribution in [2.24, 2.45) is 0 Å². The first kappa shape index (κ1) is 23.7. The zero-order valence-electron chi connectivity index (χ0n) is 17.0. The summed E-state index contributed by atoms with van der Waals surface area (Å²) in [6.07, 6.45) is 0. The van der Waals surface area contributed by atoms with Crippen molar-refractivity contribution in [3.63, 3.8) is 0 Å². The largest absolute Gasteiger partial charge is 0.465 e. The quantitative estimate of drug-likeness (QED) is 0.435. The van der Waals surface area contributed by atoms with Crippen LogP contribution in [-0.2, 0) is 14.8 Å². The third-order valence-electron chi connectivity index (χ3n) is 4.05. The van der Waals surface area contributed by atoms with Gasteiger partial charge in [-0.3, -0.25) is 4.79 Å². The van der Waals surface area contributed by atoms with Gasteiger partial charge >= 0.3 is 5.97 Å².